The predicted molar refractivity (Wildman–Crippen MR) is 46.1 cm³/mol. The minimum Gasteiger partial charge on any atom is -0.478 e. The summed E-state index contributed by atoms with van der Waals surface area (Å²) in [6, 6.07) is 0. The molecule has 0 radical (unpaired) electrons. The van der Waals surface area contributed by atoms with Crippen molar-refractivity contribution in [1.29, 1.82) is 0 Å². The van der Waals surface area contributed by atoms with E-state index in [0.717, 1.165) is 0 Å². The van der Waals surface area contributed by atoms with Crippen LogP contribution in [0.3, 0.4) is 0 Å². The monoisotopic (exact) mass is 280 g/mol. The minimum atomic E-state index is -1.26. The minimum absolute atomic E-state index is 0. The summed E-state index contributed by atoms with van der Waals surface area (Å²) in [5, 5.41) is 15.6. The molecule has 0 amide bonds. The van der Waals surface area contributed by atoms with Crippen molar-refractivity contribution in [3.63, 3.8) is 0 Å². The Bertz CT molecular complexity index is 128. The van der Waals surface area contributed by atoms with Gasteiger partial charge in [0.1, 0.15) is 0 Å². The van der Waals surface area contributed by atoms with Crippen LogP contribution in [0.4, 0.5) is 0 Å². The Morgan fingerprint density at radius 1 is 0.667 bits per heavy atom. The first-order valence-corrected chi connectivity index (χ1v) is 1.77. The molecule has 100 valence electrons. The van der Waals surface area contributed by atoms with Crippen LogP contribution in [0.1, 0.15) is 0 Å². The van der Waals surface area contributed by atoms with Crippen LogP contribution >= 0.6 is 0 Å². The van der Waals surface area contributed by atoms with Crippen molar-refractivity contribution in [2.24, 2.45) is 0 Å². The maximum Gasteiger partial charge on any atom is 0.328 e. The molecule has 0 saturated carbocycles. The fourth-order valence-electron chi connectivity index (χ4n) is 0.143. The summed E-state index contributed by atoms with van der Waals surface area (Å²) < 4.78 is 0. The van der Waals surface area contributed by atoms with Gasteiger partial charge in [-0.15, -0.1) is 0 Å². The summed E-state index contributed by atoms with van der Waals surface area (Å²) in [7, 11) is 0. The first kappa shape index (κ1) is 66.0. The van der Waals surface area contributed by atoms with Gasteiger partial charge in [-0.3, -0.25) is 0 Å². The van der Waals surface area contributed by atoms with Crippen molar-refractivity contribution in [2.45, 2.75) is 0 Å². The van der Waals surface area contributed by atoms with Crippen molar-refractivity contribution in [3.05, 3.63) is 12.2 Å². The summed E-state index contributed by atoms with van der Waals surface area (Å²) in [6.07, 6.45) is 1.12. The van der Waals surface area contributed by atoms with Crippen LogP contribution in [-0.4, -0.2) is 55.0 Å². The van der Waals surface area contributed by atoms with Gasteiger partial charge in [0.2, 0.25) is 0 Å². The van der Waals surface area contributed by atoms with Crippen molar-refractivity contribution in [3.8, 4) is 0 Å². The van der Waals surface area contributed by atoms with Gasteiger partial charge in [-0.1, -0.05) is 0 Å². The number of carboxylic acid groups (broad SMARTS) is 2. The SMILES string of the molecule is O.O.O.O.O.O.O=C(O)C=CC(=O)O.[Fe]. The van der Waals surface area contributed by atoms with E-state index in [1.165, 1.54) is 0 Å². The zero-order valence-electron chi connectivity index (χ0n) is 7.22. The molecule has 0 aromatic carbocycles. The molecule has 0 aliphatic rings. The van der Waals surface area contributed by atoms with Gasteiger partial charge in [0, 0.05) is 29.2 Å². The molecule has 0 saturated heterocycles. The van der Waals surface area contributed by atoms with Crippen LogP contribution in [0.15, 0.2) is 12.2 Å². The van der Waals surface area contributed by atoms with Crippen LogP contribution in [0.25, 0.3) is 0 Å². The second kappa shape index (κ2) is 38.3. The van der Waals surface area contributed by atoms with Crippen molar-refractivity contribution >= 4 is 11.9 Å². The molecule has 10 nitrogen and oxygen atoms in total. The Morgan fingerprint density at radius 3 is 0.867 bits per heavy atom. The fraction of sp³-hybridized carbons (Fsp3) is 0. The maximum absolute atomic E-state index is 9.55. The Hall–Kier alpha value is -1.04. The molecule has 0 atom stereocenters. The molecular formula is C4H16FeO10. The normalized spacial score (nSPS) is 5.07. The molecule has 14 N–H and O–H groups in total. The van der Waals surface area contributed by atoms with Crippen molar-refractivity contribution < 1.29 is 69.7 Å². The van der Waals surface area contributed by atoms with E-state index in [-0.39, 0.29) is 49.9 Å². The third-order valence-corrected chi connectivity index (χ3v) is 0.368. The van der Waals surface area contributed by atoms with E-state index >= 15 is 0 Å². The molecule has 0 spiro atoms. The number of hydrogen-bond donors (Lipinski definition) is 2. The summed E-state index contributed by atoms with van der Waals surface area (Å²) in [6.45, 7) is 0. The summed E-state index contributed by atoms with van der Waals surface area (Å²) in [5.74, 6) is -2.51. The van der Waals surface area contributed by atoms with Crippen molar-refractivity contribution in [1.82, 2.24) is 0 Å². The second-order valence-corrected chi connectivity index (χ2v) is 1.01. The summed E-state index contributed by atoms with van der Waals surface area (Å²) >= 11 is 0. The molecule has 0 fully saturated rings. The van der Waals surface area contributed by atoms with Gasteiger partial charge in [-0.05, 0) is 0 Å². The fourth-order valence-corrected chi connectivity index (χ4v) is 0.143. The van der Waals surface area contributed by atoms with E-state index in [1.54, 1.807) is 0 Å². The molecule has 0 aromatic heterocycles. The van der Waals surface area contributed by atoms with Crippen LogP contribution in [0.5, 0.6) is 0 Å². The number of aliphatic carboxylic acids is 2. The van der Waals surface area contributed by atoms with Crippen molar-refractivity contribution in [2.75, 3.05) is 0 Å². The third-order valence-electron chi connectivity index (χ3n) is 0.368. The smallest absolute Gasteiger partial charge is 0.328 e. The Kier molecular flexibility index (Phi) is 168. The Labute approximate surface area is 94.5 Å². The van der Waals surface area contributed by atoms with E-state index in [2.05, 4.69) is 0 Å². The average molecular weight is 280 g/mol. The Morgan fingerprint density at radius 2 is 0.800 bits per heavy atom. The molecule has 0 aliphatic heterocycles. The van der Waals surface area contributed by atoms with Gasteiger partial charge in [-0.2, -0.15) is 0 Å². The molecule has 0 heterocycles. The first-order chi connectivity index (χ1) is 3.63. The molecule has 0 bridgehead atoms. The maximum atomic E-state index is 9.55. The second-order valence-electron chi connectivity index (χ2n) is 1.01. The number of hydrogen-bond acceptors (Lipinski definition) is 2. The standard InChI is InChI=1S/C4H4O4.Fe.6H2O/c5-3(6)1-2-4(7)8;;;;;;;/h1-2H,(H,5,6)(H,7,8);;6*1H2. The third kappa shape index (κ3) is 99.3. The summed E-state index contributed by atoms with van der Waals surface area (Å²) in [5.41, 5.74) is 0. The van der Waals surface area contributed by atoms with E-state index in [4.69, 9.17) is 10.2 Å². The number of carbonyl (C=O) groups is 2. The van der Waals surface area contributed by atoms with Gasteiger partial charge in [0.15, 0.2) is 0 Å². The van der Waals surface area contributed by atoms with E-state index in [0.29, 0.717) is 12.2 Å². The number of rotatable bonds is 2. The Balaban J connectivity index is -0.0000000117. The van der Waals surface area contributed by atoms with Gasteiger partial charge in [0.25, 0.3) is 0 Å². The van der Waals surface area contributed by atoms with Gasteiger partial charge < -0.3 is 43.1 Å². The zero-order valence-corrected chi connectivity index (χ0v) is 8.32. The predicted octanol–water partition coefficient (Wildman–Crippen LogP) is -5.24. The van der Waals surface area contributed by atoms with E-state index < -0.39 is 11.9 Å². The molecule has 0 rings (SSSR count). The molecule has 0 aromatic rings. The largest absolute Gasteiger partial charge is 0.478 e. The first-order valence-electron chi connectivity index (χ1n) is 1.77. The molecule has 0 aliphatic carbocycles. The topological polar surface area (TPSA) is 264 Å². The van der Waals surface area contributed by atoms with Crippen LogP contribution in [0.2, 0.25) is 0 Å². The quantitative estimate of drug-likeness (QED) is 0.370. The molecule has 0 unspecified atom stereocenters. The van der Waals surface area contributed by atoms with Gasteiger partial charge in [-0.25, -0.2) is 9.59 Å². The molecular weight excluding hydrogens is 264 g/mol. The van der Waals surface area contributed by atoms with Crippen LogP contribution < -0.4 is 0 Å². The van der Waals surface area contributed by atoms with E-state index in [1.807, 2.05) is 0 Å². The van der Waals surface area contributed by atoms with Gasteiger partial charge in [0.05, 0.1) is 0 Å². The molecule has 11 heteroatoms. The van der Waals surface area contributed by atoms with Gasteiger partial charge >= 0.3 is 11.9 Å². The zero-order chi connectivity index (χ0) is 6.57. The van der Waals surface area contributed by atoms with Crippen LogP contribution in [0, 0.1) is 0 Å². The van der Waals surface area contributed by atoms with Crippen LogP contribution in [-0.2, 0) is 26.7 Å². The summed E-state index contributed by atoms with van der Waals surface area (Å²) in [4.78, 5) is 19.1. The molecule has 15 heavy (non-hydrogen) atoms. The van der Waals surface area contributed by atoms with E-state index in [9.17, 15) is 9.59 Å². The average Bonchev–Trinajstić information content (AvgIpc) is 1.61. The number of carboxylic acids is 2.